The predicted octanol–water partition coefficient (Wildman–Crippen LogP) is 3.54. The minimum absolute atomic E-state index is 0.258. The number of nitrogens with zero attached hydrogens (tertiary/aromatic N) is 1. The van der Waals surface area contributed by atoms with Crippen molar-refractivity contribution in [2.45, 2.75) is 38.2 Å². The minimum Gasteiger partial charge on any atom is -0.373 e. The Hall–Kier alpha value is -0.600. The van der Waals surface area contributed by atoms with Crippen LogP contribution in [-0.2, 0) is 11.2 Å². The molecule has 1 aromatic heterocycles. The van der Waals surface area contributed by atoms with Crippen molar-refractivity contribution < 1.29 is 4.74 Å². The van der Waals surface area contributed by atoms with Gasteiger partial charge in [0.1, 0.15) is 5.15 Å². The van der Waals surface area contributed by atoms with Crippen LogP contribution < -0.4 is 0 Å². The molecule has 1 atom stereocenters. The zero-order chi connectivity index (χ0) is 11.0. The molecule has 1 saturated carbocycles. The fourth-order valence-corrected chi connectivity index (χ4v) is 2.46. The molecular weight excluding hydrogens is 222 g/mol. The molecule has 3 heteroatoms. The fraction of sp³-hybridized carbons (Fsp3) is 0.615. The molecule has 2 nitrogen and oxygen atoms in total. The van der Waals surface area contributed by atoms with Crippen molar-refractivity contribution in [3.63, 3.8) is 0 Å². The van der Waals surface area contributed by atoms with Gasteiger partial charge in [-0.15, -0.1) is 0 Å². The molecule has 0 aliphatic heterocycles. The third-order valence-corrected chi connectivity index (χ3v) is 3.64. The number of aromatic nitrogens is 1. The first-order chi connectivity index (χ1) is 7.83. The Morgan fingerprint density at radius 3 is 3.00 bits per heavy atom. The van der Waals surface area contributed by atoms with Gasteiger partial charge in [0.05, 0.1) is 12.7 Å². The molecule has 0 radical (unpaired) electrons. The van der Waals surface area contributed by atoms with Gasteiger partial charge < -0.3 is 4.74 Å². The van der Waals surface area contributed by atoms with Crippen molar-refractivity contribution in [2.24, 2.45) is 5.92 Å². The molecule has 1 fully saturated rings. The van der Waals surface area contributed by atoms with Gasteiger partial charge in [0.15, 0.2) is 0 Å². The Morgan fingerprint density at radius 1 is 1.31 bits per heavy atom. The first-order valence-corrected chi connectivity index (χ1v) is 6.47. The van der Waals surface area contributed by atoms with E-state index in [1.807, 2.05) is 6.07 Å². The lowest BCUT2D eigenvalue weighted by atomic mass is 9.93. The van der Waals surface area contributed by atoms with Crippen LogP contribution in [0.4, 0.5) is 0 Å². The molecule has 1 aromatic rings. The van der Waals surface area contributed by atoms with Gasteiger partial charge in [0.2, 0.25) is 0 Å². The lowest BCUT2D eigenvalue weighted by Gasteiger charge is -2.25. The van der Waals surface area contributed by atoms with Crippen LogP contribution in [0.5, 0.6) is 0 Å². The van der Waals surface area contributed by atoms with Crippen LogP contribution in [0.2, 0.25) is 5.15 Å². The minimum atomic E-state index is 0.258. The molecule has 3 rings (SSSR count). The molecule has 0 N–H and O–H groups in total. The van der Waals surface area contributed by atoms with Crippen LogP contribution in [0.3, 0.4) is 0 Å². The van der Waals surface area contributed by atoms with Crippen LogP contribution >= 0.6 is 11.6 Å². The molecular formula is C13H16ClNO. The zero-order valence-corrected chi connectivity index (χ0v) is 10.0. The molecule has 0 spiro atoms. The number of rotatable bonds is 3. The third kappa shape index (κ3) is 2.23. The number of pyridine rings is 1. The summed E-state index contributed by atoms with van der Waals surface area (Å²) < 4.78 is 5.99. The molecule has 2 aliphatic carbocycles. The van der Waals surface area contributed by atoms with Crippen molar-refractivity contribution in [1.29, 1.82) is 0 Å². The summed E-state index contributed by atoms with van der Waals surface area (Å²) in [5, 5.41) is 0.599. The highest BCUT2D eigenvalue weighted by atomic mass is 35.5. The molecule has 0 bridgehead atoms. The van der Waals surface area contributed by atoms with E-state index in [2.05, 4.69) is 11.1 Å². The van der Waals surface area contributed by atoms with Crippen molar-refractivity contribution in [1.82, 2.24) is 4.98 Å². The van der Waals surface area contributed by atoms with Crippen LogP contribution in [0.15, 0.2) is 12.1 Å². The van der Waals surface area contributed by atoms with E-state index in [0.717, 1.165) is 37.5 Å². The Kier molecular flexibility index (Phi) is 2.86. The van der Waals surface area contributed by atoms with E-state index < -0.39 is 0 Å². The molecule has 16 heavy (non-hydrogen) atoms. The lowest BCUT2D eigenvalue weighted by Crippen LogP contribution is -2.15. The maximum Gasteiger partial charge on any atom is 0.129 e. The fourth-order valence-electron chi connectivity index (χ4n) is 2.30. The van der Waals surface area contributed by atoms with E-state index >= 15 is 0 Å². The molecule has 86 valence electrons. The maximum absolute atomic E-state index is 5.99. The Labute approximate surface area is 101 Å². The SMILES string of the molecule is Clc1ccc2c(n1)CCCC2OCC1CC1. The summed E-state index contributed by atoms with van der Waals surface area (Å²) in [6, 6.07) is 3.96. The first-order valence-electron chi connectivity index (χ1n) is 6.10. The maximum atomic E-state index is 5.99. The largest absolute Gasteiger partial charge is 0.373 e. The number of fused-ring (bicyclic) bond motifs is 1. The normalized spacial score (nSPS) is 24.2. The Bertz CT molecular complexity index is 390. The number of halogens is 1. The van der Waals surface area contributed by atoms with E-state index in [1.165, 1.54) is 18.4 Å². The molecule has 0 saturated heterocycles. The molecule has 1 unspecified atom stereocenters. The van der Waals surface area contributed by atoms with E-state index in [0.29, 0.717) is 5.15 Å². The van der Waals surface area contributed by atoms with Gasteiger partial charge in [-0.1, -0.05) is 17.7 Å². The second-order valence-corrected chi connectivity index (χ2v) is 5.21. The molecule has 0 amide bonds. The van der Waals surface area contributed by atoms with Gasteiger partial charge >= 0.3 is 0 Å². The number of hydrogen-bond acceptors (Lipinski definition) is 2. The number of hydrogen-bond donors (Lipinski definition) is 0. The number of aryl methyl sites for hydroxylation is 1. The van der Waals surface area contributed by atoms with Gasteiger partial charge in [0.25, 0.3) is 0 Å². The zero-order valence-electron chi connectivity index (χ0n) is 9.29. The van der Waals surface area contributed by atoms with E-state index in [9.17, 15) is 0 Å². The van der Waals surface area contributed by atoms with E-state index in [1.54, 1.807) is 0 Å². The lowest BCUT2D eigenvalue weighted by molar-refractivity contribution is 0.0333. The van der Waals surface area contributed by atoms with Gasteiger partial charge in [-0.3, -0.25) is 0 Å². The standard InChI is InChI=1S/C13H16ClNO/c14-13-7-6-10-11(15-13)2-1-3-12(10)16-8-9-4-5-9/h6-7,9,12H,1-5,8H2. The second kappa shape index (κ2) is 4.34. The van der Waals surface area contributed by atoms with Gasteiger partial charge in [-0.05, 0) is 44.1 Å². The van der Waals surface area contributed by atoms with Crippen molar-refractivity contribution >= 4 is 11.6 Å². The van der Waals surface area contributed by atoms with Gasteiger partial charge in [-0.2, -0.15) is 0 Å². The first kappa shape index (κ1) is 10.5. The van der Waals surface area contributed by atoms with Crippen LogP contribution in [0.1, 0.15) is 43.0 Å². The Morgan fingerprint density at radius 2 is 2.19 bits per heavy atom. The third-order valence-electron chi connectivity index (χ3n) is 3.43. The average molecular weight is 238 g/mol. The summed E-state index contributed by atoms with van der Waals surface area (Å²) in [6.07, 6.45) is 6.28. The van der Waals surface area contributed by atoms with E-state index in [-0.39, 0.29) is 6.10 Å². The van der Waals surface area contributed by atoms with Crippen molar-refractivity contribution in [3.05, 3.63) is 28.5 Å². The summed E-state index contributed by atoms with van der Waals surface area (Å²) in [7, 11) is 0. The van der Waals surface area contributed by atoms with Gasteiger partial charge in [-0.25, -0.2) is 4.98 Å². The van der Waals surface area contributed by atoms with Crippen molar-refractivity contribution in [2.75, 3.05) is 6.61 Å². The quantitative estimate of drug-likeness (QED) is 0.751. The summed E-state index contributed by atoms with van der Waals surface area (Å²) in [5.74, 6) is 0.825. The number of ether oxygens (including phenoxy) is 1. The predicted molar refractivity (Wildman–Crippen MR) is 63.6 cm³/mol. The molecule has 2 aliphatic rings. The summed E-state index contributed by atoms with van der Waals surface area (Å²) >= 11 is 5.91. The van der Waals surface area contributed by atoms with Crippen LogP contribution in [0, 0.1) is 5.92 Å². The smallest absolute Gasteiger partial charge is 0.129 e. The van der Waals surface area contributed by atoms with Gasteiger partial charge in [0, 0.05) is 11.3 Å². The van der Waals surface area contributed by atoms with Crippen LogP contribution in [-0.4, -0.2) is 11.6 Å². The highest BCUT2D eigenvalue weighted by molar-refractivity contribution is 6.29. The summed E-state index contributed by atoms with van der Waals surface area (Å²) in [6.45, 7) is 0.923. The summed E-state index contributed by atoms with van der Waals surface area (Å²) in [5.41, 5.74) is 2.40. The molecule has 1 heterocycles. The second-order valence-electron chi connectivity index (χ2n) is 4.83. The molecule has 0 aromatic carbocycles. The monoisotopic (exact) mass is 237 g/mol. The van der Waals surface area contributed by atoms with Crippen LogP contribution in [0.25, 0.3) is 0 Å². The highest BCUT2D eigenvalue weighted by Crippen LogP contribution is 2.35. The Balaban J connectivity index is 1.76. The van der Waals surface area contributed by atoms with Crippen molar-refractivity contribution in [3.8, 4) is 0 Å². The summed E-state index contributed by atoms with van der Waals surface area (Å²) in [4.78, 5) is 4.39. The average Bonchev–Trinajstić information content (AvgIpc) is 3.09. The van der Waals surface area contributed by atoms with E-state index in [4.69, 9.17) is 16.3 Å². The topological polar surface area (TPSA) is 22.1 Å². The highest BCUT2D eigenvalue weighted by Gasteiger charge is 2.26.